The molecular formula is C24H22Br2N2O. The van der Waals surface area contributed by atoms with Crippen LogP contribution in [-0.2, 0) is 6.42 Å². The monoisotopic (exact) mass is 512 g/mol. The summed E-state index contributed by atoms with van der Waals surface area (Å²) in [6.45, 7) is 2.16. The van der Waals surface area contributed by atoms with Crippen LogP contribution < -0.4 is 5.32 Å². The second kappa shape index (κ2) is 8.82. The lowest BCUT2D eigenvalue weighted by Gasteiger charge is -2.31. The van der Waals surface area contributed by atoms with E-state index in [4.69, 9.17) is 4.99 Å². The number of nitrogens with one attached hydrogen (secondary N) is 1. The van der Waals surface area contributed by atoms with Gasteiger partial charge in [0, 0.05) is 32.7 Å². The molecule has 0 fully saturated rings. The van der Waals surface area contributed by atoms with Gasteiger partial charge >= 0.3 is 0 Å². The molecule has 29 heavy (non-hydrogen) atoms. The van der Waals surface area contributed by atoms with Crippen LogP contribution in [0.15, 0.2) is 80.7 Å². The van der Waals surface area contributed by atoms with Gasteiger partial charge in [-0.25, -0.2) is 0 Å². The van der Waals surface area contributed by atoms with Gasteiger partial charge in [-0.05, 0) is 53.4 Å². The Morgan fingerprint density at radius 1 is 1.00 bits per heavy atom. The van der Waals surface area contributed by atoms with Crippen LogP contribution in [0.2, 0.25) is 0 Å². The molecule has 1 heterocycles. The third kappa shape index (κ3) is 4.63. The zero-order valence-corrected chi connectivity index (χ0v) is 19.2. The molecule has 0 saturated carbocycles. The molecule has 0 unspecified atom stereocenters. The highest BCUT2D eigenvalue weighted by Gasteiger charge is 2.28. The Morgan fingerprint density at radius 2 is 1.76 bits per heavy atom. The topological polar surface area (TPSA) is 44.6 Å². The number of nitrogens with zero attached hydrogens (tertiary/aromatic N) is 1. The van der Waals surface area contributed by atoms with E-state index < -0.39 is 0 Å². The predicted octanol–water partition coefficient (Wildman–Crippen LogP) is 6.70. The molecule has 3 aromatic carbocycles. The van der Waals surface area contributed by atoms with Crippen LogP contribution in [0.25, 0.3) is 0 Å². The van der Waals surface area contributed by atoms with E-state index in [1.165, 1.54) is 5.56 Å². The number of aromatic hydroxyl groups is 1. The first-order chi connectivity index (χ1) is 14.0. The molecule has 0 bridgehead atoms. The van der Waals surface area contributed by atoms with E-state index in [2.05, 4.69) is 80.5 Å². The number of benzene rings is 3. The van der Waals surface area contributed by atoms with Crippen LogP contribution in [0, 0.1) is 0 Å². The molecule has 1 aliphatic heterocycles. The zero-order valence-electron chi connectivity index (χ0n) is 16.1. The summed E-state index contributed by atoms with van der Waals surface area (Å²) in [6.07, 6.45) is 1.54. The lowest BCUT2D eigenvalue weighted by atomic mass is 9.93. The summed E-state index contributed by atoms with van der Waals surface area (Å²) < 4.78 is 1.97. The van der Waals surface area contributed by atoms with E-state index in [0.717, 1.165) is 37.8 Å². The Morgan fingerprint density at radius 3 is 2.48 bits per heavy atom. The molecule has 0 radical (unpaired) electrons. The van der Waals surface area contributed by atoms with Gasteiger partial charge in [0.1, 0.15) is 11.9 Å². The van der Waals surface area contributed by atoms with Crippen molar-refractivity contribution in [2.24, 2.45) is 4.99 Å². The molecule has 0 spiro atoms. The largest absolute Gasteiger partial charge is 0.508 e. The first-order valence-corrected chi connectivity index (χ1v) is 11.3. The van der Waals surface area contributed by atoms with Gasteiger partial charge in [-0.1, -0.05) is 75.2 Å². The Bertz CT molecular complexity index is 1050. The van der Waals surface area contributed by atoms with Crippen LogP contribution in [0.3, 0.4) is 0 Å². The summed E-state index contributed by atoms with van der Waals surface area (Å²) >= 11 is 7.10. The third-order valence-corrected chi connectivity index (χ3v) is 6.25. The van der Waals surface area contributed by atoms with Gasteiger partial charge in [-0.2, -0.15) is 0 Å². The van der Waals surface area contributed by atoms with Gasteiger partial charge in [0.2, 0.25) is 0 Å². The van der Waals surface area contributed by atoms with E-state index in [-0.39, 0.29) is 12.2 Å². The number of halogens is 2. The van der Waals surface area contributed by atoms with Crippen LogP contribution in [0.5, 0.6) is 5.75 Å². The fourth-order valence-corrected chi connectivity index (χ4v) is 4.46. The van der Waals surface area contributed by atoms with Crippen LogP contribution in [0.1, 0.15) is 47.8 Å². The Labute approximate surface area is 188 Å². The minimum atomic E-state index is -0.189. The number of rotatable bonds is 4. The summed E-state index contributed by atoms with van der Waals surface area (Å²) in [4.78, 5) is 5.04. The Hall–Kier alpha value is -1.95. The van der Waals surface area contributed by atoms with Crippen LogP contribution in [0.4, 0.5) is 0 Å². The smallest absolute Gasteiger partial charge is 0.126 e. The number of hydrogen-bond acceptors (Lipinski definition) is 3. The van der Waals surface area contributed by atoms with Crippen molar-refractivity contribution in [3.8, 4) is 5.75 Å². The van der Waals surface area contributed by atoms with Crippen LogP contribution >= 0.6 is 31.9 Å². The SMILES string of the molecule is CCc1ccc(C2=N[C@@H](c3cccc(Br)c3)N[C@@H](c3cc(Br)ccc3O)C2)cc1. The van der Waals surface area contributed by atoms with Gasteiger partial charge in [0.15, 0.2) is 0 Å². The van der Waals surface area contributed by atoms with Crippen molar-refractivity contribution in [3.05, 3.63) is 97.9 Å². The quantitative estimate of drug-likeness (QED) is 0.407. The van der Waals surface area contributed by atoms with Crippen molar-refractivity contribution < 1.29 is 5.11 Å². The highest BCUT2D eigenvalue weighted by molar-refractivity contribution is 9.10. The van der Waals surface area contributed by atoms with Crippen molar-refractivity contribution in [1.82, 2.24) is 5.32 Å². The fourth-order valence-electron chi connectivity index (χ4n) is 3.67. The van der Waals surface area contributed by atoms with Crippen molar-refractivity contribution in [3.63, 3.8) is 0 Å². The number of aliphatic imine (C=N–C) groups is 1. The van der Waals surface area contributed by atoms with E-state index in [0.29, 0.717) is 12.2 Å². The molecule has 0 aromatic heterocycles. The summed E-state index contributed by atoms with van der Waals surface area (Å²) in [5.41, 5.74) is 5.44. The highest BCUT2D eigenvalue weighted by atomic mass is 79.9. The third-order valence-electron chi connectivity index (χ3n) is 5.27. The molecule has 4 rings (SSSR count). The van der Waals surface area contributed by atoms with E-state index in [1.807, 2.05) is 24.3 Å². The van der Waals surface area contributed by atoms with Crippen molar-refractivity contribution >= 4 is 37.6 Å². The molecule has 0 amide bonds. The number of phenolic OH excluding ortho intramolecular Hbond substituents is 1. The minimum absolute atomic E-state index is 0.0465. The van der Waals surface area contributed by atoms with Gasteiger partial charge in [-0.15, -0.1) is 0 Å². The van der Waals surface area contributed by atoms with Crippen molar-refractivity contribution in [1.29, 1.82) is 0 Å². The second-order valence-corrected chi connectivity index (χ2v) is 9.04. The summed E-state index contributed by atoms with van der Waals surface area (Å²) in [5.74, 6) is 0.293. The summed E-state index contributed by atoms with van der Waals surface area (Å²) in [7, 11) is 0. The van der Waals surface area contributed by atoms with Gasteiger partial charge < -0.3 is 5.11 Å². The van der Waals surface area contributed by atoms with Gasteiger partial charge in [-0.3, -0.25) is 10.3 Å². The minimum Gasteiger partial charge on any atom is -0.508 e. The summed E-state index contributed by atoms with van der Waals surface area (Å²) in [6, 6.07) is 22.3. The maximum absolute atomic E-state index is 10.5. The zero-order chi connectivity index (χ0) is 20.4. The second-order valence-electron chi connectivity index (χ2n) is 7.21. The average Bonchev–Trinajstić information content (AvgIpc) is 2.75. The maximum atomic E-state index is 10.5. The molecule has 3 nitrogen and oxygen atoms in total. The first-order valence-electron chi connectivity index (χ1n) is 9.69. The van der Waals surface area contributed by atoms with Gasteiger partial charge in [0.05, 0.1) is 0 Å². The predicted molar refractivity (Wildman–Crippen MR) is 126 cm³/mol. The summed E-state index contributed by atoms with van der Waals surface area (Å²) in [5, 5.41) is 14.1. The van der Waals surface area contributed by atoms with Crippen molar-refractivity contribution in [2.75, 3.05) is 0 Å². The van der Waals surface area contributed by atoms with Gasteiger partial charge in [0.25, 0.3) is 0 Å². The molecule has 0 aliphatic carbocycles. The molecule has 148 valence electrons. The van der Waals surface area contributed by atoms with Crippen LogP contribution in [-0.4, -0.2) is 10.8 Å². The lowest BCUT2D eigenvalue weighted by molar-refractivity contribution is 0.412. The molecule has 3 aromatic rings. The molecular weight excluding hydrogens is 492 g/mol. The Kier molecular flexibility index (Phi) is 6.18. The van der Waals surface area contributed by atoms with E-state index >= 15 is 0 Å². The first kappa shape index (κ1) is 20.3. The molecule has 2 atom stereocenters. The number of phenols is 1. The van der Waals surface area contributed by atoms with Crippen molar-refractivity contribution in [2.45, 2.75) is 32.0 Å². The lowest BCUT2D eigenvalue weighted by Crippen LogP contribution is -2.33. The normalized spacial score (nSPS) is 19.1. The molecule has 1 aliphatic rings. The maximum Gasteiger partial charge on any atom is 0.126 e. The van der Waals surface area contributed by atoms with E-state index in [9.17, 15) is 5.11 Å². The van der Waals surface area contributed by atoms with E-state index in [1.54, 1.807) is 6.07 Å². The highest BCUT2D eigenvalue weighted by Crippen LogP contribution is 2.36. The number of hydrogen-bond donors (Lipinski definition) is 2. The molecule has 0 saturated heterocycles. The number of aryl methyl sites for hydroxylation is 1. The fraction of sp³-hybridized carbons (Fsp3) is 0.208. The Balaban J connectivity index is 1.76. The average molecular weight is 514 g/mol. The standard InChI is InChI=1S/C24H22Br2N2O/c1-2-15-6-8-16(9-7-15)21-14-22(20-13-19(26)10-11-23(20)29)28-24(27-21)17-4-3-5-18(25)12-17/h3-13,22,24,28-29H,2,14H2,1H3/t22-,24-/m1/s1. The molecule has 5 heteroatoms. The molecule has 2 N–H and O–H groups in total.